The van der Waals surface area contributed by atoms with Gasteiger partial charge in [0.1, 0.15) is 16.1 Å². The molecule has 0 unspecified atom stereocenters. The molecule has 7 aromatic rings. The summed E-state index contributed by atoms with van der Waals surface area (Å²) in [5.74, 6) is 7.42. The second kappa shape index (κ2) is 22.5. The van der Waals surface area contributed by atoms with E-state index in [1.807, 2.05) is 0 Å². The first kappa shape index (κ1) is 57.7. The number of nitrogens with zero attached hydrogens (tertiary/aromatic N) is 2. The number of aromatic nitrogens is 4. The van der Waals surface area contributed by atoms with Crippen LogP contribution in [0.4, 0.5) is 0 Å². The summed E-state index contributed by atoms with van der Waals surface area (Å²) >= 11 is 0. The van der Waals surface area contributed by atoms with Crippen LogP contribution in [0, 0.1) is 22.9 Å². The molecular formula is C74H86N4Si2. The minimum Gasteiger partial charge on any atom is -0.354 e. The Bertz CT molecular complexity index is 3740. The van der Waals surface area contributed by atoms with Crippen LogP contribution in [0.3, 0.4) is 0 Å². The fraction of sp³-hybridized carbons (Fsp3) is 0.351. The van der Waals surface area contributed by atoms with Crippen molar-refractivity contribution in [2.24, 2.45) is 0 Å². The van der Waals surface area contributed by atoms with Crippen LogP contribution in [0.25, 0.3) is 90.9 Å². The van der Waals surface area contributed by atoms with E-state index in [-0.39, 0.29) is 10.8 Å². The van der Waals surface area contributed by atoms with Crippen LogP contribution in [-0.4, -0.2) is 36.1 Å². The van der Waals surface area contributed by atoms with Gasteiger partial charge in [-0.1, -0.05) is 209 Å². The smallest absolute Gasteiger partial charge is 0.146 e. The molecule has 2 aliphatic rings. The fourth-order valence-corrected chi connectivity index (χ4v) is 23.8. The van der Waals surface area contributed by atoms with Gasteiger partial charge < -0.3 is 9.97 Å². The van der Waals surface area contributed by atoms with Crippen LogP contribution in [0.5, 0.6) is 0 Å². The van der Waals surface area contributed by atoms with E-state index in [1.165, 1.54) is 11.1 Å². The van der Waals surface area contributed by atoms with Gasteiger partial charge in [0.2, 0.25) is 0 Å². The SMILES string of the molecule is CC(C)[Si](C#Cc1ccc(-c2c3nc(c(-c4ccc(C#C[Si](C(C)C)(C(C)C)C(C)C)cc4)c4ccc([nH]4)c(-c4ccc(C(C)(C)C)cc4)c4ccc([nH]4)c(-c4ccc(C(C)(C)C)cc4)c4nc2C=C4)C=C3)cc1)(C(C)C)C(C)C. The summed E-state index contributed by atoms with van der Waals surface area (Å²) in [6.07, 6.45) is 8.72. The summed E-state index contributed by atoms with van der Waals surface area (Å²) < 4.78 is 0. The normalized spacial score (nSPS) is 13.0. The Morgan fingerprint density at radius 2 is 0.575 bits per heavy atom. The number of nitrogens with one attached hydrogen (secondary N) is 2. The van der Waals surface area contributed by atoms with Gasteiger partial charge in [-0.15, -0.1) is 11.1 Å². The maximum absolute atomic E-state index is 5.65. The Morgan fingerprint density at radius 3 is 0.863 bits per heavy atom. The molecule has 4 aromatic carbocycles. The van der Waals surface area contributed by atoms with Gasteiger partial charge in [0.25, 0.3) is 0 Å². The Balaban J connectivity index is 1.35. The molecule has 6 heteroatoms. The third-order valence-corrected chi connectivity index (χ3v) is 30.3. The van der Waals surface area contributed by atoms with E-state index in [0.717, 1.165) is 100 Å². The zero-order valence-electron chi connectivity index (χ0n) is 51.2. The topological polar surface area (TPSA) is 57.4 Å². The summed E-state index contributed by atoms with van der Waals surface area (Å²) in [5, 5.41) is 0. The summed E-state index contributed by atoms with van der Waals surface area (Å²) in [6.45, 7) is 42.1. The maximum atomic E-state index is 5.65. The first-order chi connectivity index (χ1) is 37.8. The van der Waals surface area contributed by atoms with Crippen LogP contribution >= 0.6 is 0 Å². The lowest BCUT2D eigenvalue weighted by molar-refractivity contribution is 0.590. The van der Waals surface area contributed by atoms with Crippen LogP contribution in [-0.2, 0) is 10.8 Å². The minimum atomic E-state index is -1.94. The number of hydrogen-bond donors (Lipinski definition) is 2. The molecule has 4 nitrogen and oxygen atoms in total. The van der Waals surface area contributed by atoms with E-state index in [4.69, 9.17) is 9.97 Å². The van der Waals surface area contributed by atoms with E-state index < -0.39 is 16.1 Å². The van der Waals surface area contributed by atoms with Crippen LogP contribution in [0.1, 0.15) is 170 Å². The fourth-order valence-electron chi connectivity index (χ4n) is 13.4. The number of fused-ring (bicyclic) bond motifs is 8. The van der Waals surface area contributed by atoms with Crippen molar-refractivity contribution in [3.05, 3.63) is 166 Å². The van der Waals surface area contributed by atoms with Gasteiger partial charge in [0.15, 0.2) is 0 Å². The van der Waals surface area contributed by atoms with Gasteiger partial charge >= 0.3 is 0 Å². The van der Waals surface area contributed by atoms with Gasteiger partial charge in [-0.3, -0.25) is 0 Å². The standard InChI is InChI=1S/C74H86N4Si2/c1-47(2)79(48(3)4,49(5)6)45-43-53-19-23-55(24-20-53)69-61-35-36-62(75-61)70(56-25-21-54(22-26-56)44-46-80(50(7)8,51(9)10)52(11)12)64-38-40-66(77-64)72(58-29-33-60(34-30-58)74(16,17)18)68-42-41-67(78-68)71(65-39-37-63(69)76-65)57-27-31-59(32-28-57)73(13,14)15/h19-42,47-52,76,78H,1-18H3. The predicted octanol–water partition coefficient (Wildman–Crippen LogP) is 21.1. The lowest BCUT2D eigenvalue weighted by atomic mass is 9.86. The van der Waals surface area contributed by atoms with Crippen molar-refractivity contribution in [3.8, 4) is 67.4 Å². The van der Waals surface area contributed by atoms with E-state index in [1.54, 1.807) is 0 Å². The molecule has 8 bridgehead atoms. The lowest BCUT2D eigenvalue weighted by Crippen LogP contribution is -2.43. The van der Waals surface area contributed by atoms with Gasteiger partial charge in [-0.25, -0.2) is 9.97 Å². The average molecular weight is 1090 g/mol. The van der Waals surface area contributed by atoms with Crippen molar-refractivity contribution in [1.29, 1.82) is 0 Å². The molecule has 0 saturated heterocycles. The first-order valence-corrected chi connectivity index (χ1v) is 33.9. The third-order valence-electron chi connectivity index (χ3n) is 17.8. The highest BCUT2D eigenvalue weighted by atomic mass is 28.3. The van der Waals surface area contributed by atoms with Crippen LogP contribution < -0.4 is 0 Å². The molecule has 0 saturated carbocycles. The lowest BCUT2D eigenvalue weighted by Gasteiger charge is -2.38. The highest BCUT2D eigenvalue weighted by Gasteiger charge is 2.43. The maximum Gasteiger partial charge on any atom is 0.146 e. The van der Waals surface area contributed by atoms with Crippen molar-refractivity contribution >= 4 is 62.5 Å². The van der Waals surface area contributed by atoms with Crippen LogP contribution in [0.15, 0.2) is 121 Å². The molecule has 80 heavy (non-hydrogen) atoms. The first-order valence-electron chi connectivity index (χ1n) is 29.5. The number of aromatic amines is 2. The number of hydrogen-bond acceptors (Lipinski definition) is 2. The molecule has 0 amide bonds. The Hall–Kier alpha value is -6.97. The highest BCUT2D eigenvalue weighted by molar-refractivity contribution is 6.91. The number of H-pyrrole nitrogens is 2. The molecule has 0 spiro atoms. The molecule has 2 N–H and O–H groups in total. The van der Waals surface area contributed by atoms with E-state index in [9.17, 15) is 0 Å². The predicted molar refractivity (Wildman–Crippen MR) is 354 cm³/mol. The second-order valence-electron chi connectivity index (χ2n) is 26.6. The molecule has 410 valence electrons. The largest absolute Gasteiger partial charge is 0.354 e. The van der Waals surface area contributed by atoms with E-state index in [0.29, 0.717) is 33.2 Å². The summed E-state index contributed by atoms with van der Waals surface area (Å²) in [7, 11) is -3.88. The number of rotatable bonds is 10. The Morgan fingerprint density at radius 1 is 0.325 bits per heavy atom. The zero-order chi connectivity index (χ0) is 57.6. The summed E-state index contributed by atoms with van der Waals surface area (Å²) in [5.41, 5.74) is 31.8. The van der Waals surface area contributed by atoms with Gasteiger partial charge in [-0.05, 0) is 150 Å². The molecular weight excluding hydrogens is 1000 g/mol. The van der Waals surface area contributed by atoms with E-state index >= 15 is 0 Å². The van der Waals surface area contributed by atoms with Crippen molar-refractivity contribution in [3.63, 3.8) is 0 Å². The molecule has 2 aliphatic heterocycles. The zero-order valence-corrected chi connectivity index (χ0v) is 53.2. The molecule has 9 rings (SSSR count). The number of benzene rings is 4. The quantitative estimate of drug-likeness (QED) is 0.106. The molecule has 0 fully saturated rings. The Kier molecular flexibility index (Phi) is 16.2. The van der Waals surface area contributed by atoms with Crippen molar-refractivity contribution < 1.29 is 0 Å². The van der Waals surface area contributed by atoms with E-state index in [2.05, 4.69) is 303 Å². The highest BCUT2D eigenvalue weighted by Crippen LogP contribution is 2.44. The Labute approximate surface area is 482 Å². The minimum absolute atomic E-state index is 0.00734. The average Bonchev–Trinajstić information content (AvgIpc) is 4.30. The van der Waals surface area contributed by atoms with Gasteiger partial charge in [0.05, 0.1) is 22.8 Å². The molecule has 0 aliphatic carbocycles. The van der Waals surface area contributed by atoms with Crippen LogP contribution in [0.2, 0.25) is 33.2 Å². The molecule has 5 heterocycles. The van der Waals surface area contributed by atoms with Crippen molar-refractivity contribution in [1.82, 2.24) is 19.9 Å². The molecule has 0 radical (unpaired) electrons. The summed E-state index contributed by atoms with van der Waals surface area (Å²) in [6, 6.07) is 44.8. The third kappa shape index (κ3) is 11.1. The summed E-state index contributed by atoms with van der Waals surface area (Å²) in [4.78, 5) is 19.3. The molecule has 3 aromatic heterocycles. The van der Waals surface area contributed by atoms with Crippen molar-refractivity contribution in [2.75, 3.05) is 0 Å². The monoisotopic (exact) mass is 1090 g/mol. The molecule has 0 atom stereocenters. The second-order valence-corrected chi connectivity index (χ2v) is 37.8. The van der Waals surface area contributed by atoms with Gasteiger partial charge in [-0.2, -0.15) is 0 Å². The van der Waals surface area contributed by atoms with Gasteiger partial charge in [0, 0.05) is 55.4 Å². The van der Waals surface area contributed by atoms with Crippen molar-refractivity contribution in [2.45, 2.75) is 169 Å².